The molecule has 0 unspecified atom stereocenters. The monoisotopic (exact) mass is 423 g/mol. The Bertz CT molecular complexity index is 1070. The van der Waals surface area contributed by atoms with Crippen LogP contribution in [0.4, 0.5) is 10.5 Å². The fourth-order valence-electron chi connectivity index (χ4n) is 2.87. The van der Waals surface area contributed by atoms with Gasteiger partial charge in [-0.1, -0.05) is 29.4 Å². The number of aromatic nitrogens is 2. The molecule has 1 aromatic heterocycles. The second-order valence-electron chi connectivity index (χ2n) is 6.85. The number of fused-ring (bicyclic) bond motifs is 1. The number of benzene rings is 2. The van der Waals surface area contributed by atoms with Crippen LogP contribution in [0.5, 0.6) is 11.5 Å². The second-order valence-corrected chi connectivity index (χ2v) is 6.85. The van der Waals surface area contributed by atoms with Crippen molar-refractivity contribution < 1.29 is 23.6 Å². The summed E-state index contributed by atoms with van der Waals surface area (Å²) in [7, 11) is 1.66. The normalized spacial score (nSPS) is 11.8. The average Bonchev–Trinajstić information content (AvgIpc) is 3.45. The van der Waals surface area contributed by atoms with Gasteiger partial charge >= 0.3 is 17.8 Å². The number of amides is 3. The summed E-state index contributed by atoms with van der Waals surface area (Å²) in [4.78, 5) is 30.1. The summed E-state index contributed by atoms with van der Waals surface area (Å²) in [5, 5.41) is 9.33. The summed E-state index contributed by atoms with van der Waals surface area (Å²) in [6.07, 6.45) is 0.345. The van der Waals surface area contributed by atoms with Crippen molar-refractivity contribution in [3.05, 3.63) is 65.8 Å². The van der Waals surface area contributed by atoms with Gasteiger partial charge in [-0.3, -0.25) is 4.79 Å². The van der Waals surface area contributed by atoms with Crippen LogP contribution in [0.25, 0.3) is 0 Å². The molecular weight excluding hydrogens is 402 g/mol. The van der Waals surface area contributed by atoms with Crippen LogP contribution in [0.2, 0.25) is 0 Å². The smallest absolute Gasteiger partial charge is 0.321 e. The van der Waals surface area contributed by atoms with E-state index in [0.717, 1.165) is 5.56 Å². The van der Waals surface area contributed by atoms with E-state index in [0.29, 0.717) is 36.0 Å². The van der Waals surface area contributed by atoms with E-state index in [1.165, 1.54) is 4.90 Å². The molecule has 2 heterocycles. The van der Waals surface area contributed by atoms with Crippen molar-refractivity contribution in [2.45, 2.75) is 13.0 Å². The van der Waals surface area contributed by atoms with Crippen LogP contribution in [0.15, 0.2) is 53.1 Å². The van der Waals surface area contributed by atoms with E-state index in [9.17, 15) is 9.59 Å². The predicted molar refractivity (Wildman–Crippen MR) is 110 cm³/mol. The van der Waals surface area contributed by atoms with Gasteiger partial charge in [0.2, 0.25) is 6.79 Å². The van der Waals surface area contributed by atoms with Gasteiger partial charge in [-0.05, 0) is 29.8 Å². The van der Waals surface area contributed by atoms with Crippen molar-refractivity contribution in [3.8, 4) is 11.5 Å². The molecule has 0 atom stereocenters. The van der Waals surface area contributed by atoms with Crippen molar-refractivity contribution in [2.75, 3.05) is 25.7 Å². The van der Waals surface area contributed by atoms with Gasteiger partial charge < -0.3 is 29.5 Å². The Morgan fingerprint density at radius 1 is 1.10 bits per heavy atom. The fourth-order valence-corrected chi connectivity index (χ4v) is 2.87. The number of rotatable bonds is 7. The third-order valence-electron chi connectivity index (χ3n) is 4.59. The number of ether oxygens (including phenoxy) is 2. The molecule has 0 saturated heterocycles. The van der Waals surface area contributed by atoms with Gasteiger partial charge in [0.15, 0.2) is 17.3 Å². The topological polar surface area (TPSA) is 119 Å². The first-order valence-corrected chi connectivity index (χ1v) is 9.65. The fraction of sp³-hybridized carbons (Fsp3) is 0.238. The van der Waals surface area contributed by atoms with Gasteiger partial charge in [-0.25, -0.2) is 4.79 Å². The summed E-state index contributed by atoms with van der Waals surface area (Å²) < 4.78 is 15.6. The maximum absolute atomic E-state index is 12.3. The molecule has 4 rings (SSSR count). The van der Waals surface area contributed by atoms with Crippen molar-refractivity contribution >= 4 is 17.6 Å². The molecule has 160 valence electrons. The molecule has 1 aliphatic heterocycles. The van der Waals surface area contributed by atoms with E-state index >= 15 is 0 Å². The van der Waals surface area contributed by atoms with E-state index < -0.39 is 5.91 Å². The van der Waals surface area contributed by atoms with Crippen LogP contribution in [0, 0.1) is 0 Å². The van der Waals surface area contributed by atoms with Crippen molar-refractivity contribution in [1.29, 1.82) is 0 Å². The van der Waals surface area contributed by atoms with Gasteiger partial charge in [0.1, 0.15) is 0 Å². The quantitative estimate of drug-likeness (QED) is 0.599. The standard InChI is InChI=1S/C21H21N5O5/c1-26(21(28)23-15-5-3-2-4-6-15)10-9-18-24-20(31-25-18)19(27)22-12-14-7-8-16-17(11-14)30-13-29-16/h2-8,11H,9-10,12-13H2,1H3,(H,22,27)(H,23,28). The number of anilines is 1. The predicted octanol–water partition coefficient (Wildman–Crippen LogP) is 2.43. The van der Waals surface area contributed by atoms with Crippen LogP contribution in [0.1, 0.15) is 22.1 Å². The number of para-hydroxylation sites is 1. The molecular formula is C21H21N5O5. The third-order valence-corrected chi connectivity index (χ3v) is 4.59. The highest BCUT2D eigenvalue weighted by molar-refractivity contribution is 5.89. The molecule has 10 heteroatoms. The molecule has 0 aliphatic carbocycles. The Kier molecular flexibility index (Phi) is 5.97. The molecule has 3 amide bonds. The molecule has 31 heavy (non-hydrogen) atoms. The molecule has 2 aromatic carbocycles. The highest BCUT2D eigenvalue weighted by Gasteiger charge is 2.17. The van der Waals surface area contributed by atoms with Crippen LogP contribution >= 0.6 is 0 Å². The summed E-state index contributed by atoms with van der Waals surface area (Å²) in [6, 6.07) is 14.3. The zero-order valence-corrected chi connectivity index (χ0v) is 16.8. The molecule has 0 fully saturated rings. The van der Waals surface area contributed by atoms with Crippen LogP contribution in [0.3, 0.4) is 0 Å². The maximum Gasteiger partial charge on any atom is 0.321 e. The Labute approximate surface area is 178 Å². The molecule has 0 radical (unpaired) electrons. The largest absolute Gasteiger partial charge is 0.454 e. The Morgan fingerprint density at radius 3 is 2.74 bits per heavy atom. The molecule has 1 aliphatic rings. The van der Waals surface area contributed by atoms with Gasteiger partial charge in [-0.15, -0.1) is 0 Å². The SMILES string of the molecule is CN(CCc1noc(C(=O)NCc2ccc3c(c2)OCO3)n1)C(=O)Nc1ccccc1. The number of hydrogen-bond acceptors (Lipinski definition) is 7. The van der Waals surface area contributed by atoms with Gasteiger partial charge in [0, 0.05) is 32.2 Å². The number of carbonyl (C=O) groups excluding carboxylic acids is 2. The molecule has 3 aromatic rings. The van der Waals surface area contributed by atoms with Crippen LogP contribution < -0.4 is 20.1 Å². The minimum Gasteiger partial charge on any atom is -0.454 e. The van der Waals surface area contributed by atoms with Gasteiger partial charge in [0.25, 0.3) is 0 Å². The molecule has 0 spiro atoms. The molecule has 0 bridgehead atoms. The van der Waals surface area contributed by atoms with Crippen LogP contribution in [-0.2, 0) is 13.0 Å². The summed E-state index contributed by atoms with van der Waals surface area (Å²) in [6.45, 7) is 0.824. The van der Waals surface area contributed by atoms with Crippen LogP contribution in [-0.4, -0.2) is 47.4 Å². The van der Waals surface area contributed by atoms with Gasteiger partial charge in [-0.2, -0.15) is 4.98 Å². The second kappa shape index (κ2) is 9.16. The molecule has 0 saturated carbocycles. The number of carbonyl (C=O) groups is 2. The first-order chi connectivity index (χ1) is 15.1. The molecule has 10 nitrogen and oxygen atoms in total. The molecule has 2 N–H and O–H groups in total. The first kappa shape index (κ1) is 20.2. The van der Waals surface area contributed by atoms with E-state index in [2.05, 4.69) is 20.8 Å². The van der Waals surface area contributed by atoms with Gasteiger partial charge in [0.05, 0.1) is 0 Å². The van der Waals surface area contributed by atoms with E-state index in [1.807, 2.05) is 24.3 Å². The number of nitrogens with one attached hydrogen (secondary N) is 2. The minimum absolute atomic E-state index is 0.132. The van der Waals surface area contributed by atoms with Crippen molar-refractivity contribution in [2.24, 2.45) is 0 Å². The summed E-state index contributed by atoms with van der Waals surface area (Å²) in [5.41, 5.74) is 1.56. The summed E-state index contributed by atoms with van der Waals surface area (Å²) >= 11 is 0. The third kappa shape index (κ3) is 5.10. The zero-order valence-electron chi connectivity index (χ0n) is 16.8. The lowest BCUT2D eigenvalue weighted by atomic mass is 10.2. The Balaban J connectivity index is 1.24. The van der Waals surface area contributed by atoms with E-state index in [-0.39, 0.29) is 25.3 Å². The average molecular weight is 423 g/mol. The van der Waals surface area contributed by atoms with Crippen molar-refractivity contribution in [3.63, 3.8) is 0 Å². The van der Waals surface area contributed by atoms with E-state index in [1.54, 1.807) is 31.3 Å². The number of hydrogen-bond donors (Lipinski definition) is 2. The number of urea groups is 1. The van der Waals surface area contributed by atoms with E-state index in [4.69, 9.17) is 14.0 Å². The summed E-state index contributed by atoms with van der Waals surface area (Å²) in [5.74, 6) is 1.05. The van der Waals surface area contributed by atoms with Crippen molar-refractivity contribution in [1.82, 2.24) is 20.4 Å². The lowest BCUT2D eigenvalue weighted by Gasteiger charge is -2.16. The lowest BCUT2D eigenvalue weighted by Crippen LogP contribution is -2.33. The number of nitrogens with zero attached hydrogens (tertiary/aromatic N) is 3. The zero-order chi connectivity index (χ0) is 21.6. The first-order valence-electron chi connectivity index (χ1n) is 9.65. The lowest BCUT2D eigenvalue weighted by molar-refractivity contribution is 0.0907. The Hall–Kier alpha value is -4.08. The minimum atomic E-state index is -0.480. The maximum atomic E-state index is 12.3. The highest BCUT2D eigenvalue weighted by Crippen LogP contribution is 2.32. The highest BCUT2D eigenvalue weighted by atomic mass is 16.7. The Morgan fingerprint density at radius 2 is 1.90 bits per heavy atom. The number of likely N-dealkylation sites (N-methyl/N-ethyl adjacent to an activating group) is 1.